The number of hydrogen-bond donors (Lipinski definition) is 0. The quantitative estimate of drug-likeness (QED) is 0.277. The molecule has 4 aromatic rings. The maximum Gasteiger partial charge on any atom is 0.148 e. The topological polar surface area (TPSA) is 17.1 Å². The standard InChI is InChI=1S/C37H36O/c38-37-32(24-12-3-1-4-13-24)35-30-20-10-19-29-28(27-18-9-16-23-11-7-8-17-26(23)27)21-22-31(34(29)30)36(35)33(37)25-14-5-2-6-15-25/h1-9,11-18,28-36H,10,19-22H2. The SMILES string of the molecule is O=C1C(c2ccccc2)C2C3CCCC4C(c5cccc6ccccc56)CCC(C43)C2C1c1ccccc1. The Morgan fingerprint density at radius 3 is 1.79 bits per heavy atom. The van der Waals surface area contributed by atoms with Crippen molar-refractivity contribution in [3.63, 3.8) is 0 Å². The van der Waals surface area contributed by atoms with Crippen molar-refractivity contribution in [1.82, 2.24) is 0 Å². The van der Waals surface area contributed by atoms with Crippen LogP contribution in [0.15, 0.2) is 103 Å². The Morgan fingerprint density at radius 2 is 1.08 bits per heavy atom. The van der Waals surface area contributed by atoms with E-state index in [1.165, 1.54) is 54.0 Å². The van der Waals surface area contributed by atoms with Crippen molar-refractivity contribution < 1.29 is 4.79 Å². The van der Waals surface area contributed by atoms with Crippen molar-refractivity contribution in [1.29, 1.82) is 0 Å². The first kappa shape index (κ1) is 22.8. The summed E-state index contributed by atoms with van der Waals surface area (Å²) < 4.78 is 0. The van der Waals surface area contributed by atoms with Gasteiger partial charge >= 0.3 is 0 Å². The summed E-state index contributed by atoms with van der Waals surface area (Å²) in [6.07, 6.45) is 6.51. The van der Waals surface area contributed by atoms with Crippen LogP contribution in [0.1, 0.15) is 66.5 Å². The zero-order valence-corrected chi connectivity index (χ0v) is 22.0. The van der Waals surface area contributed by atoms with E-state index in [1.54, 1.807) is 5.56 Å². The highest BCUT2D eigenvalue weighted by atomic mass is 16.1. The van der Waals surface area contributed by atoms with Crippen LogP contribution in [0, 0.1) is 35.5 Å². The molecular weight excluding hydrogens is 460 g/mol. The van der Waals surface area contributed by atoms with Crippen LogP contribution in [0.25, 0.3) is 10.8 Å². The highest BCUT2D eigenvalue weighted by Gasteiger charge is 2.65. The summed E-state index contributed by atoms with van der Waals surface area (Å²) >= 11 is 0. The number of benzene rings is 4. The van der Waals surface area contributed by atoms with Gasteiger partial charge in [0.1, 0.15) is 5.78 Å². The van der Waals surface area contributed by atoms with Crippen LogP contribution >= 0.6 is 0 Å². The molecule has 38 heavy (non-hydrogen) atoms. The lowest BCUT2D eigenvalue weighted by atomic mass is 9.57. The molecule has 4 fully saturated rings. The van der Waals surface area contributed by atoms with Gasteiger partial charge in [0.2, 0.25) is 0 Å². The number of rotatable bonds is 3. The van der Waals surface area contributed by atoms with E-state index >= 15 is 0 Å². The Morgan fingerprint density at radius 1 is 0.500 bits per heavy atom. The smallest absolute Gasteiger partial charge is 0.148 e. The Bertz CT molecular complexity index is 1410. The van der Waals surface area contributed by atoms with Crippen molar-refractivity contribution in [2.24, 2.45) is 35.5 Å². The summed E-state index contributed by atoms with van der Waals surface area (Å²) in [5, 5.41) is 2.83. The molecule has 0 N–H and O–H groups in total. The van der Waals surface area contributed by atoms with Crippen LogP contribution in [-0.4, -0.2) is 5.78 Å². The molecule has 0 saturated heterocycles. The van der Waals surface area contributed by atoms with Crippen molar-refractivity contribution >= 4 is 16.6 Å². The molecule has 0 aliphatic heterocycles. The molecule has 4 aliphatic carbocycles. The average Bonchev–Trinajstić information content (AvgIpc) is 3.46. The van der Waals surface area contributed by atoms with Crippen LogP contribution in [0.3, 0.4) is 0 Å². The minimum atomic E-state index is 0.0526. The fourth-order valence-electron chi connectivity index (χ4n) is 10.2. The second kappa shape index (κ2) is 8.94. The number of carbonyl (C=O) groups is 1. The lowest BCUT2D eigenvalue weighted by Gasteiger charge is -2.48. The van der Waals surface area contributed by atoms with E-state index in [0.717, 1.165) is 11.8 Å². The third kappa shape index (κ3) is 3.27. The van der Waals surface area contributed by atoms with Crippen LogP contribution in [0.5, 0.6) is 0 Å². The van der Waals surface area contributed by atoms with Gasteiger partial charge in [-0.15, -0.1) is 0 Å². The van der Waals surface area contributed by atoms with Gasteiger partial charge in [-0.1, -0.05) is 110 Å². The fourth-order valence-corrected chi connectivity index (χ4v) is 10.2. The van der Waals surface area contributed by atoms with Crippen molar-refractivity contribution in [2.45, 2.75) is 49.9 Å². The summed E-state index contributed by atoms with van der Waals surface area (Å²) in [7, 11) is 0. The van der Waals surface area contributed by atoms with E-state index in [-0.39, 0.29) is 11.8 Å². The van der Waals surface area contributed by atoms with Crippen LogP contribution in [-0.2, 0) is 4.79 Å². The highest BCUT2D eigenvalue weighted by molar-refractivity contribution is 5.95. The molecule has 190 valence electrons. The summed E-state index contributed by atoms with van der Waals surface area (Å²) in [5.74, 6) is 5.05. The molecule has 1 nitrogen and oxygen atoms in total. The Balaban J connectivity index is 1.24. The van der Waals surface area contributed by atoms with E-state index in [0.29, 0.717) is 35.4 Å². The third-order valence-corrected chi connectivity index (χ3v) is 11.2. The van der Waals surface area contributed by atoms with Gasteiger partial charge in [0.25, 0.3) is 0 Å². The third-order valence-electron chi connectivity index (χ3n) is 11.2. The zero-order valence-electron chi connectivity index (χ0n) is 22.0. The van der Waals surface area contributed by atoms with Gasteiger partial charge in [-0.25, -0.2) is 0 Å². The molecule has 0 radical (unpaired) electrons. The summed E-state index contributed by atoms with van der Waals surface area (Å²) in [6.45, 7) is 0. The van der Waals surface area contributed by atoms with Crippen molar-refractivity contribution in [2.75, 3.05) is 0 Å². The molecule has 0 aromatic heterocycles. The number of hydrogen-bond acceptors (Lipinski definition) is 1. The molecule has 0 amide bonds. The normalized spacial score (nSPS) is 35.7. The molecular formula is C37H36O. The van der Waals surface area contributed by atoms with Crippen molar-refractivity contribution in [3.05, 3.63) is 120 Å². The number of Topliss-reactive ketones (excluding diaryl/α,β-unsaturated/α-hetero) is 1. The molecule has 8 rings (SSSR count). The van der Waals surface area contributed by atoms with E-state index in [2.05, 4.69) is 103 Å². The van der Waals surface area contributed by atoms with Gasteiger partial charge in [-0.05, 0) is 94.6 Å². The first-order valence-electron chi connectivity index (χ1n) is 14.9. The van der Waals surface area contributed by atoms with E-state index in [4.69, 9.17) is 0 Å². The zero-order chi connectivity index (χ0) is 25.2. The Hall–Kier alpha value is -3.19. The maximum atomic E-state index is 14.4. The van der Waals surface area contributed by atoms with E-state index in [1.807, 2.05) is 0 Å². The average molecular weight is 497 g/mol. The second-order valence-electron chi connectivity index (χ2n) is 12.6. The van der Waals surface area contributed by atoms with E-state index < -0.39 is 0 Å². The van der Waals surface area contributed by atoms with Gasteiger partial charge in [0, 0.05) is 11.8 Å². The largest absolute Gasteiger partial charge is 0.298 e. The monoisotopic (exact) mass is 496 g/mol. The molecule has 0 spiro atoms. The minimum absolute atomic E-state index is 0.0526. The van der Waals surface area contributed by atoms with Gasteiger partial charge in [-0.3, -0.25) is 4.79 Å². The number of fused-ring (bicyclic) bond motifs is 4. The van der Waals surface area contributed by atoms with Crippen molar-refractivity contribution in [3.8, 4) is 0 Å². The highest BCUT2D eigenvalue weighted by Crippen LogP contribution is 2.70. The lowest BCUT2D eigenvalue weighted by Crippen LogP contribution is -2.39. The van der Waals surface area contributed by atoms with E-state index in [9.17, 15) is 4.79 Å². The Labute approximate surface area is 226 Å². The summed E-state index contributed by atoms with van der Waals surface area (Å²) in [6, 6.07) is 37.6. The number of ketones is 1. The molecule has 0 bridgehead atoms. The fraction of sp³-hybridized carbons (Fsp3) is 0.378. The van der Waals surface area contributed by atoms with Crippen LogP contribution in [0.4, 0.5) is 0 Å². The summed E-state index contributed by atoms with van der Waals surface area (Å²) in [4.78, 5) is 14.4. The molecule has 4 saturated carbocycles. The molecule has 9 unspecified atom stereocenters. The first-order chi connectivity index (χ1) is 18.8. The first-order valence-corrected chi connectivity index (χ1v) is 14.9. The molecule has 9 atom stereocenters. The van der Waals surface area contributed by atoms with Gasteiger partial charge in [0.15, 0.2) is 0 Å². The second-order valence-corrected chi connectivity index (χ2v) is 12.6. The summed E-state index contributed by atoms with van der Waals surface area (Å²) in [5.41, 5.74) is 4.11. The molecule has 4 aliphatic rings. The van der Waals surface area contributed by atoms with Gasteiger partial charge < -0.3 is 0 Å². The van der Waals surface area contributed by atoms with Gasteiger partial charge in [-0.2, -0.15) is 0 Å². The Kier molecular flexibility index (Phi) is 5.35. The van der Waals surface area contributed by atoms with Crippen LogP contribution in [0.2, 0.25) is 0 Å². The maximum absolute atomic E-state index is 14.4. The number of carbonyl (C=O) groups excluding carboxylic acids is 1. The predicted octanol–water partition coefficient (Wildman–Crippen LogP) is 8.76. The van der Waals surface area contributed by atoms with Crippen LogP contribution < -0.4 is 0 Å². The molecule has 1 heteroatoms. The molecule has 0 heterocycles. The predicted molar refractivity (Wildman–Crippen MR) is 154 cm³/mol. The molecule has 4 aromatic carbocycles. The lowest BCUT2D eigenvalue weighted by molar-refractivity contribution is -0.121. The van der Waals surface area contributed by atoms with Gasteiger partial charge in [0.05, 0.1) is 0 Å². The minimum Gasteiger partial charge on any atom is -0.298 e.